The van der Waals surface area contributed by atoms with E-state index in [1.807, 2.05) is 29.2 Å². The number of hydrogen-bond acceptors (Lipinski definition) is 6. The van der Waals surface area contributed by atoms with E-state index in [4.69, 9.17) is 9.26 Å². The van der Waals surface area contributed by atoms with E-state index in [1.165, 1.54) is 5.56 Å². The Kier molecular flexibility index (Phi) is 6.72. The average molecular weight is 449 g/mol. The Morgan fingerprint density at radius 2 is 1.42 bits per heavy atom. The molecule has 1 aliphatic heterocycles. The number of carbonyl (C=O) groups excluding carboxylic acids is 2. The van der Waals surface area contributed by atoms with Crippen molar-refractivity contribution < 1.29 is 18.8 Å². The van der Waals surface area contributed by atoms with Crippen LogP contribution in [0.5, 0.6) is 5.75 Å². The van der Waals surface area contributed by atoms with E-state index in [-0.39, 0.29) is 18.4 Å². The summed E-state index contributed by atoms with van der Waals surface area (Å²) in [5.41, 5.74) is 2.48. The van der Waals surface area contributed by atoms with Gasteiger partial charge in [0.2, 0.25) is 11.7 Å². The fourth-order valence-electron chi connectivity index (χ4n) is 3.73. The number of aryl methyl sites for hydroxylation is 1. The van der Waals surface area contributed by atoms with Gasteiger partial charge in [-0.15, -0.1) is 0 Å². The summed E-state index contributed by atoms with van der Waals surface area (Å²) in [7, 11) is 0. The number of ether oxygens (including phenoxy) is 1. The van der Waals surface area contributed by atoms with Gasteiger partial charge in [0, 0.05) is 44.2 Å². The summed E-state index contributed by atoms with van der Waals surface area (Å²) in [6, 6.07) is 14.8. The van der Waals surface area contributed by atoms with Gasteiger partial charge in [0.15, 0.2) is 6.61 Å². The van der Waals surface area contributed by atoms with Crippen molar-refractivity contribution in [1.82, 2.24) is 19.9 Å². The molecule has 1 aliphatic rings. The second-order valence-corrected chi connectivity index (χ2v) is 8.40. The smallest absolute Gasteiger partial charge is 0.253 e. The zero-order valence-electron chi connectivity index (χ0n) is 19.2. The summed E-state index contributed by atoms with van der Waals surface area (Å²) in [5.74, 6) is 1.96. The highest BCUT2D eigenvalue weighted by Crippen LogP contribution is 2.18. The van der Waals surface area contributed by atoms with Gasteiger partial charge in [0.05, 0.1) is 0 Å². The van der Waals surface area contributed by atoms with Gasteiger partial charge in [0.1, 0.15) is 5.75 Å². The molecule has 2 aromatic carbocycles. The molecule has 2 heterocycles. The summed E-state index contributed by atoms with van der Waals surface area (Å²) >= 11 is 0. The first-order chi connectivity index (χ1) is 15.9. The Bertz CT molecular complexity index is 1100. The number of carbonyl (C=O) groups is 2. The lowest BCUT2D eigenvalue weighted by Crippen LogP contribution is -2.50. The van der Waals surface area contributed by atoms with Crippen molar-refractivity contribution in [2.24, 2.45) is 0 Å². The Morgan fingerprint density at radius 3 is 1.88 bits per heavy atom. The number of rotatable bonds is 6. The third kappa shape index (κ3) is 5.39. The number of nitrogens with zero attached hydrogens (tertiary/aromatic N) is 4. The second-order valence-electron chi connectivity index (χ2n) is 8.40. The van der Waals surface area contributed by atoms with Gasteiger partial charge in [-0.05, 0) is 47.9 Å². The standard InChI is InChI=1S/C25H28N4O4/c1-17(2)19-4-6-20(7-5-19)24(30)28-12-14-29(15-13-28)25(31)21-8-10-22(11-9-21)32-16-23-26-18(3)33-27-23/h4-11,17H,12-16H2,1-3H3. The van der Waals surface area contributed by atoms with Crippen LogP contribution >= 0.6 is 0 Å². The average Bonchev–Trinajstić information content (AvgIpc) is 3.27. The number of piperazine rings is 1. The molecule has 172 valence electrons. The zero-order valence-corrected chi connectivity index (χ0v) is 19.2. The number of aromatic nitrogens is 2. The van der Waals surface area contributed by atoms with E-state index < -0.39 is 0 Å². The van der Waals surface area contributed by atoms with Gasteiger partial charge in [-0.25, -0.2) is 0 Å². The minimum atomic E-state index is -0.0521. The number of benzene rings is 2. The lowest BCUT2D eigenvalue weighted by Gasteiger charge is -2.35. The maximum atomic E-state index is 12.9. The first-order valence-corrected chi connectivity index (χ1v) is 11.1. The quantitative estimate of drug-likeness (QED) is 0.572. The van der Waals surface area contributed by atoms with Crippen LogP contribution in [0.25, 0.3) is 0 Å². The zero-order chi connectivity index (χ0) is 23.4. The molecule has 0 radical (unpaired) electrons. The van der Waals surface area contributed by atoms with Crippen LogP contribution in [0.15, 0.2) is 53.1 Å². The van der Waals surface area contributed by atoms with Crippen LogP contribution < -0.4 is 4.74 Å². The first-order valence-electron chi connectivity index (χ1n) is 11.1. The van der Waals surface area contributed by atoms with Crippen LogP contribution in [0.2, 0.25) is 0 Å². The van der Waals surface area contributed by atoms with E-state index in [9.17, 15) is 9.59 Å². The Morgan fingerprint density at radius 1 is 0.909 bits per heavy atom. The van der Waals surface area contributed by atoms with E-state index in [0.717, 1.165) is 0 Å². The molecule has 3 aromatic rings. The van der Waals surface area contributed by atoms with Crippen molar-refractivity contribution in [2.75, 3.05) is 26.2 Å². The normalized spacial score (nSPS) is 13.9. The molecule has 1 aromatic heterocycles. The molecular weight excluding hydrogens is 420 g/mol. The van der Waals surface area contributed by atoms with Crippen LogP contribution in [0, 0.1) is 6.92 Å². The molecule has 8 heteroatoms. The van der Waals surface area contributed by atoms with Crippen LogP contribution in [0.4, 0.5) is 0 Å². The highest BCUT2D eigenvalue weighted by Gasteiger charge is 2.25. The van der Waals surface area contributed by atoms with Crippen molar-refractivity contribution in [3.05, 3.63) is 76.9 Å². The number of amides is 2. The van der Waals surface area contributed by atoms with Gasteiger partial charge in [-0.1, -0.05) is 31.1 Å². The predicted molar refractivity (Wildman–Crippen MR) is 122 cm³/mol. The fraction of sp³-hybridized carbons (Fsp3) is 0.360. The molecule has 0 saturated carbocycles. The Hall–Kier alpha value is -3.68. The summed E-state index contributed by atoms with van der Waals surface area (Å²) in [6.45, 7) is 8.21. The Labute approximate surface area is 193 Å². The van der Waals surface area contributed by atoms with Gasteiger partial charge < -0.3 is 19.1 Å². The molecule has 0 N–H and O–H groups in total. The van der Waals surface area contributed by atoms with E-state index in [2.05, 4.69) is 24.0 Å². The van der Waals surface area contributed by atoms with Crippen molar-refractivity contribution in [2.45, 2.75) is 33.3 Å². The summed E-state index contributed by atoms with van der Waals surface area (Å²) in [5, 5.41) is 3.79. The monoisotopic (exact) mass is 448 g/mol. The summed E-state index contributed by atoms with van der Waals surface area (Å²) in [4.78, 5) is 33.4. The Balaban J connectivity index is 1.29. The molecule has 4 rings (SSSR count). The van der Waals surface area contributed by atoms with Crippen LogP contribution in [-0.4, -0.2) is 57.9 Å². The van der Waals surface area contributed by atoms with Gasteiger partial charge in [-0.3, -0.25) is 9.59 Å². The fourth-order valence-corrected chi connectivity index (χ4v) is 3.73. The van der Waals surface area contributed by atoms with Crippen molar-refractivity contribution >= 4 is 11.8 Å². The number of hydrogen-bond donors (Lipinski definition) is 0. The third-order valence-electron chi connectivity index (χ3n) is 5.72. The van der Waals surface area contributed by atoms with Crippen molar-refractivity contribution in [1.29, 1.82) is 0 Å². The summed E-state index contributed by atoms with van der Waals surface area (Å²) < 4.78 is 10.5. The SMILES string of the molecule is Cc1nc(COc2ccc(C(=O)N3CCN(C(=O)c4ccc(C(C)C)cc4)CC3)cc2)no1. The molecule has 2 amide bonds. The molecule has 1 fully saturated rings. The summed E-state index contributed by atoms with van der Waals surface area (Å²) in [6.07, 6.45) is 0. The van der Waals surface area contributed by atoms with E-state index in [0.29, 0.717) is 60.7 Å². The van der Waals surface area contributed by atoms with E-state index in [1.54, 1.807) is 36.1 Å². The lowest BCUT2D eigenvalue weighted by atomic mass is 10.0. The molecule has 0 spiro atoms. The van der Waals surface area contributed by atoms with Crippen molar-refractivity contribution in [3.63, 3.8) is 0 Å². The van der Waals surface area contributed by atoms with Gasteiger partial charge in [0.25, 0.3) is 11.8 Å². The van der Waals surface area contributed by atoms with Crippen molar-refractivity contribution in [3.8, 4) is 5.75 Å². The molecule has 0 atom stereocenters. The predicted octanol–water partition coefficient (Wildman–Crippen LogP) is 3.68. The maximum Gasteiger partial charge on any atom is 0.253 e. The maximum absolute atomic E-state index is 12.9. The van der Waals surface area contributed by atoms with Crippen LogP contribution in [0.1, 0.15) is 57.8 Å². The van der Waals surface area contributed by atoms with Crippen LogP contribution in [0.3, 0.4) is 0 Å². The molecule has 33 heavy (non-hydrogen) atoms. The third-order valence-corrected chi connectivity index (χ3v) is 5.72. The topological polar surface area (TPSA) is 88.8 Å². The van der Waals surface area contributed by atoms with Crippen LogP contribution in [-0.2, 0) is 6.61 Å². The minimum Gasteiger partial charge on any atom is -0.485 e. The molecule has 8 nitrogen and oxygen atoms in total. The first kappa shape index (κ1) is 22.5. The minimum absolute atomic E-state index is 0.00991. The lowest BCUT2D eigenvalue weighted by molar-refractivity contribution is 0.0535. The highest BCUT2D eigenvalue weighted by molar-refractivity contribution is 5.96. The molecule has 0 bridgehead atoms. The molecule has 0 unspecified atom stereocenters. The van der Waals surface area contributed by atoms with Gasteiger partial charge >= 0.3 is 0 Å². The second kappa shape index (κ2) is 9.85. The largest absolute Gasteiger partial charge is 0.485 e. The highest BCUT2D eigenvalue weighted by atomic mass is 16.5. The van der Waals surface area contributed by atoms with Gasteiger partial charge in [-0.2, -0.15) is 4.98 Å². The van der Waals surface area contributed by atoms with E-state index >= 15 is 0 Å². The molecular formula is C25H28N4O4. The molecule has 0 aliphatic carbocycles. The molecule has 1 saturated heterocycles.